The third kappa shape index (κ3) is 8.00. The van der Waals surface area contributed by atoms with Gasteiger partial charge >= 0.3 is 11.9 Å². The summed E-state index contributed by atoms with van der Waals surface area (Å²) in [5, 5.41) is 0. The molecule has 9 heteroatoms. The fourth-order valence-corrected chi connectivity index (χ4v) is 5.33. The number of hydrogen-bond acceptors (Lipinski definition) is 8. The SMILES string of the molecule is COc1ccnc(C(=O)C[C@@H](C)C(=O)O[C@@H](C)[C@@H](c2ccc(F)cc2C)C2CCCCC2)c1OCOC(C)=O. The zero-order valence-corrected chi connectivity index (χ0v) is 23.3. The van der Waals surface area contributed by atoms with Gasteiger partial charge in [-0.1, -0.05) is 32.3 Å². The maximum absolute atomic E-state index is 13.9. The van der Waals surface area contributed by atoms with Crippen LogP contribution < -0.4 is 9.47 Å². The third-order valence-electron chi connectivity index (χ3n) is 7.27. The molecule has 212 valence electrons. The number of halogens is 1. The molecule has 0 bridgehead atoms. The number of nitrogens with zero attached hydrogens (tertiary/aromatic N) is 1. The van der Waals surface area contributed by atoms with E-state index in [1.54, 1.807) is 13.0 Å². The van der Waals surface area contributed by atoms with E-state index >= 15 is 0 Å². The lowest BCUT2D eigenvalue weighted by molar-refractivity contribution is -0.154. The van der Waals surface area contributed by atoms with Crippen LogP contribution in [0.2, 0.25) is 0 Å². The maximum Gasteiger partial charge on any atom is 0.309 e. The van der Waals surface area contributed by atoms with Crippen molar-refractivity contribution in [2.75, 3.05) is 13.9 Å². The number of pyridine rings is 1. The molecular weight excluding hydrogens is 505 g/mol. The predicted molar refractivity (Wildman–Crippen MR) is 142 cm³/mol. The van der Waals surface area contributed by atoms with E-state index in [0.717, 1.165) is 36.8 Å². The molecule has 0 saturated heterocycles. The van der Waals surface area contributed by atoms with Crippen LogP contribution in [0.1, 0.15) is 86.8 Å². The minimum Gasteiger partial charge on any atom is -0.493 e. The molecule has 0 radical (unpaired) electrons. The molecule has 1 heterocycles. The highest BCUT2D eigenvalue weighted by Gasteiger charge is 2.34. The van der Waals surface area contributed by atoms with E-state index in [-0.39, 0.29) is 35.3 Å². The van der Waals surface area contributed by atoms with Gasteiger partial charge in [0.2, 0.25) is 6.79 Å². The Morgan fingerprint density at radius 3 is 2.46 bits per heavy atom. The Labute approximate surface area is 229 Å². The summed E-state index contributed by atoms with van der Waals surface area (Å²) in [5.41, 5.74) is 1.79. The molecule has 2 aromatic rings. The second kappa shape index (κ2) is 14.1. The summed E-state index contributed by atoms with van der Waals surface area (Å²) in [4.78, 5) is 41.6. The van der Waals surface area contributed by atoms with Gasteiger partial charge in [0, 0.05) is 31.5 Å². The van der Waals surface area contributed by atoms with Gasteiger partial charge in [-0.15, -0.1) is 0 Å². The van der Waals surface area contributed by atoms with E-state index < -0.39 is 36.5 Å². The number of esters is 2. The summed E-state index contributed by atoms with van der Waals surface area (Å²) in [6, 6.07) is 6.29. The Balaban J connectivity index is 1.73. The van der Waals surface area contributed by atoms with Crippen molar-refractivity contribution in [2.45, 2.75) is 78.2 Å². The summed E-state index contributed by atoms with van der Waals surface area (Å²) in [7, 11) is 1.41. The van der Waals surface area contributed by atoms with Crippen LogP contribution in [0.15, 0.2) is 30.5 Å². The number of aromatic nitrogens is 1. The number of rotatable bonds is 12. The van der Waals surface area contributed by atoms with Crippen molar-refractivity contribution >= 4 is 17.7 Å². The number of carbonyl (C=O) groups is 3. The monoisotopic (exact) mass is 543 g/mol. The number of carbonyl (C=O) groups excluding carboxylic acids is 3. The van der Waals surface area contributed by atoms with Crippen LogP contribution in [0.4, 0.5) is 4.39 Å². The molecule has 0 spiro atoms. The van der Waals surface area contributed by atoms with Gasteiger partial charge in [0.1, 0.15) is 11.9 Å². The van der Waals surface area contributed by atoms with E-state index in [1.807, 2.05) is 13.8 Å². The van der Waals surface area contributed by atoms with Crippen LogP contribution in [0.5, 0.6) is 11.5 Å². The van der Waals surface area contributed by atoms with E-state index in [2.05, 4.69) is 4.98 Å². The molecule has 1 fully saturated rings. The predicted octanol–water partition coefficient (Wildman–Crippen LogP) is 5.94. The summed E-state index contributed by atoms with van der Waals surface area (Å²) in [6.45, 7) is 6.20. The van der Waals surface area contributed by atoms with Crippen LogP contribution in [0.3, 0.4) is 0 Å². The molecule has 1 aromatic carbocycles. The molecule has 39 heavy (non-hydrogen) atoms. The van der Waals surface area contributed by atoms with Gasteiger partial charge in [-0.25, -0.2) is 9.37 Å². The molecule has 0 aliphatic heterocycles. The van der Waals surface area contributed by atoms with Crippen molar-refractivity contribution in [3.63, 3.8) is 0 Å². The van der Waals surface area contributed by atoms with Crippen molar-refractivity contribution in [3.8, 4) is 11.5 Å². The maximum atomic E-state index is 13.9. The van der Waals surface area contributed by atoms with Crippen LogP contribution in [-0.2, 0) is 19.1 Å². The van der Waals surface area contributed by atoms with Gasteiger partial charge in [0.15, 0.2) is 23.0 Å². The molecule has 1 aliphatic rings. The largest absolute Gasteiger partial charge is 0.493 e. The normalized spacial score (nSPS) is 16.1. The van der Waals surface area contributed by atoms with E-state index in [1.165, 1.54) is 44.9 Å². The minimum atomic E-state index is -0.754. The van der Waals surface area contributed by atoms with Crippen LogP contribution in [0.25, 0.3) is 0 Å². The first-order valence-electron chi connectivity index (χ1n) is 13.4. The number of aryl methyl sites for hydroxylation is 1. The summed E-state index contributed by atoms with van der Waals surface area (Å²) >= 11 is 0. The summed E-state index contributed by atoms with van der Waals surface area (Å²) < 4.78 is 35.4. The number of ether oxygens (including phenoxy) is 4. The van der Waals surface area contributed by atoms with E-state index in [4.69, 9.17) is 18.9 Å². The van der Waals surface area contributed by atoms with Gasteiger partial charge in [0.05, 0.1) is 13.0 Å². The Morgan fingerprint density at radius 1 is 1.10 bits per heavy atom. The van der Waals surface area contributed by atoms with Crippen molar-refractivity contribution < 1.29 is 37.7 Å². The average Bonchev–Trinajstić information content (AvgIpc) is 2.90. The van der Waals surface area contributed by atoms with Gasteiger partial charge < -0.3 is 18.9 Å². The Kier molecular flexibility index (Phi) is 10.8. The minimum absolute atomic E-state index is 0.0313. The van der Waals surface area contributed by atoms with Crippen LogP contribution >= 0.6 is 0 Å². The van der Waals surface area contributed by atoms with E-state index in [0.29, 0.717) is 5.92 Å². The van der Waals surface area contributed by atoms with Crippen molar-refractivity contribution in [3.05, 3.63) is 53.1 Å². The standard InChI is InChI=1S/C30H38FNO7/c1-18-15-23(31)11-12-24(18)27(22-9-7-6-8-10-22)20(3)39-30(35)19(2)16-25(34)28-29(38-17-37-21(4)33)26(36-5)13-14-32-28/h11-15,19-20,22,27H,6-10,16-17H2,1-5H3/t19-,20+,27-/m1/s1. The van der Waals surface area contributed by atoms with Crippen molar-refractivity contribution in [1.29, 1.82) is 0 Å². The highest BCUT2D eigenvalue weighted by molar-refractivity contribution is 5.99. The fraction of sp³-hybridized carbons (Fsp3) is 0.533. The highest BCUT2D eigenvalue weighted by atomic mass is 19.1. The number of benzene rings is 1. The van der Waals surface area contributed by atoms with Crippen molar-refractivity contribution in [2.24, 2.45) is 11.8 Å². The number of ketones is 1. The second-order valence-electron chi connectivity index (χ2n) is 10.2. The smallest absolute Gasteiger partial charge is 0.309 e. The van der Waals surface area contributed by atoms with Gasteiger partial charge in [-0.05, 0) is 55.9 Å². The molecule has 0 amide bonds. The zero-order chi connectivity index (χ0) is 28.5. The molecule has 3 atom stereocenters. The first-order valence-corrected chi connectivity index (χ1v) is 13.4. The van der Waals surface area contributed by atoms with Gasteiger partial charge in [0.25, 0.3) is 0 Å². The zero-order valence-electron chi connectivity index (χ0n) is 23.3. The fourth-order valence-electron chi connectivity index (χ4n) is 5.33. The molecule has 1 aliphatic carbocycles. The number of Topliss-reactive ketones (excluding diaryl/α,β-unsaturated/α-hetero) is 1. The van der Waals surface area contributed by atoms with Crippen LogP contribution in [-0.4, -0.2) is 42.7 Å². The molecule has 0 N–H and O–H groups in total. The Bertz CT molecular complexity index is 1160. The average molecular weight is 544 g/mol. The number of methoxy groups -OCH3 is 1. The first-order chi connectivity index (χ1) is 18.6. The van der Waals surface area contributed by atoms with Gasteiger partial charge in [-0.2, -0.15) is 0 Å². The molecular formula is C30H38FNO7. The highest BCUT2D eigenvalue weighted by Crippen LogP contribution is 2.41. The summed E-state index contributed by atoms with van der Waals surface area (Å²) in [6.07, 6.45) is 6.23. The first kappa shape index (κ1) is 30.1. The third-order valence-corrected chi connectivity index (χ3v) is 7.27. The topological polar surface area (TPSA) is 101 Å². The quantitative estimate of drug-likeness (QED) is 0.184. The molecule has 1 saturated carbocycles. The van der Waals surface area contributed by atoms with Gasteiger partial charge in [-0.3, -0.25) is 14.4 Å². The number of hydrogen-bond donors (Lipinski definition) is 0. The lowest BCUT2D eigenvalue weighted by Gasteiger charge is -2.35. The molecule has 3 rings (SSSR count). The lowest BCUT2D eigenvalue weighted by Crippen LogP contribution is -2.32. The Hall–Kier alpha value is -3.49. The lowest BCUT2D eigenvalue weighted by atomic mass is 9.73. The van der Waals surface area contributed by atoms with Crippen molar-refractivity contribution in [1.82, 2.24) is 4.98 Å². The molecule has 1 aromatic heterocycles. The molecule has 8 nitrogen and oxygen atoms in total. The summed E-state index contributed by atoms with van der Waals surface area (Å²) in [5.74, 6) is -2.01. The molecule has 0 unspecified atom stereocenters. The van der Waals surface area contributed by atoms with Crippen LogP contribution in [0, 0.1) is 24.6 Å². The Morgan fingerprint density at radius 2 is 1.82 bits per heavy atom. The van der Waals surface area contributed by atoms with E-state index in [9.17, 15) is 18.8 Å². The second-order valence-corrected chi connectivity index (χ2v) is 10.2.